The minimum Gasteiger partial charge on any atom is -0.309 e. The second-order valence-corrected chi connectivity index (χ2v) is 14.2. The van der Waals surface area contributed by atoms with Crippen molar-refractivity contribution in [1.82, 2.24) is 14.4 Å². The van der Waals surface area contributed by atoms with Crippen LogP contribution in [0, 0.1) is 0 Å². The van der Waals surface area contributed by atoms with Gasteiger partial charge in [-0.2, -0.15) is 0 Å². The van der Waals surface area contributed by atoms with Crippen LogP contribution in [-0.2, 0) is 4.57 Å². The Morgan fingerprint density at radius 1 is 0.533 bits per heavy atom. The van der Waals surface area contributed by atoms with Gasteiger partial charge < -0.3 is 4.57 Å². The molecule has 0 aliphatic rings. The van der Waals surface area contributed by atoms with E-state index in [2.05, 4.69) is 77.2 Å². The standard InChI is InChI=1S/C40H26N3OP/c44-45(29-11-3-1-4-12-29,30-13-5-2-6-14-30)31-21-24-36(41-26-31)28-20-22-32-27(25-28)19-23-34-33-15-7-8-16-35(33)40-42-37-17-9-10-18-38(37)43(40)39(32)34/h1-26H. The summed E-state index contributed by atoms with van der Waals surface area (Å²) in [5, 5.41) is 8.13. The predicted octanol–water partition coefficient (Wildman–Crippen LogP) is 8.65. The van der Waals surface area contributed by atoms with Crippen molar-refractivity contribution in [2.24, 2.45) is 0 Å². The lowest BCUT2D eigenvalue weighted by Crippen LogP contribution is -2.25. The largest absolute Gasteiger partial charge is 0.309 e. The van der Waals surface area contributed by atoms with E-state index in [9.17, 15) is 4.57 Å². The summed E-state index contributed by atoms with van der Waals surface area (Å²) in [6.07, 6.45) is 1.79. The van der Waals surface area contributed by atoms with Gasteiger partial charge in [-0.3, -0.25) is 9.38 Å². The molecule has 0 unspecified atom stereocenters. The number of benzene rings is 6. The Morgan fingerprint density at radius 2 is 1.20 bits per heavy atom. The Hall–Kier alpha value is -5.57. The van der Waals surface area contributed by atoms with Crippen molar-refractivity contribution in [1.29, 1.82) is 0 Å². The van der Waals surface area contributed by atoms with Crippen LogP contribution in [0.5, 0.6) is 0 Å². The van der Waals surface area contributed by atoms with E-state index in [-0.39, 0.29) is 0 Å². The first-order valence-electron chi connectivity index (χ1n) is 15.0. The summed E-state index contributed by atoms with van der Waals surface area (Å²) in [6.45, 7) is 0. The number of aromatic nitrogens is 3. The molecule has 0 bridgehead atoms. The van der Waals surface area contributed by atoms with Crippen LogP contribution < -0.4 is 15.9 Å². The van der Waals surface area contributed by atoms with Gasteiger partial charge in [-0.1, -0.05) is 121 Å². The Bertz CT molecular complexity index is 2570. The number of fused-ring (bicyclic) bond motifs is 10. The van der Waals surface area contributed by atoms with E-state index in [0.29, 0.717) is 0 Å². The maximum absolute atomic E-state index is 14.8. The third-order valence-electron chi connectivity index (χ3n) is 8.88. The van der Waals surface area contributed by atoms with Crippen LogP contribution in [0.4, 0.5) is 0 Å². The van der Waals surface area contributed by atoms with Gasteiger partial charge in [-0.05, 0) is 41.1 Å². The van der Waals surface area contributed by atoms with Crippen molar-refractivity contribution in [3.8, 4) is 11.3 Å². The van der Waals surface area contributed by atoms with Gasteiger partial charge in [0.05, 0.1) is 22.2 Å². The van der Waals surface area contributed by atoms with Gasteiger partial charge in [-0.15, -0.1) is 0 Å². The average molecular weight is 596 g/mol. The zero-order valence-corrected chi connectivity index (χ0v) is 25.1. The van der Waals surface area contributed by atoms with Crippen LogP contribution in [0.25, 0.3) is 60.4 Å². The molecule has 212 valence electrons. The Labute approximate surface area is 259 Å². The van der Waals surface area contributed by atoms with Crippen molar-refractivity contribution in [2.45, 2.75) is 0 Å². The fourth-order valence-corrected chi connectivity index (χ4v) is 9.33. The third kappa shape index (κ3) is 3.90. The van der Waals surface area contributed by atoms with Gasteiger partial charge in [-0.25, -0.2) is 4.98 Å². The molecular formula is C40H26N3OP. The van der Waals surface area contributed by atoms with Crippen molar-refractivity contribution in [3.05, 3.63) is 158 Å². The number of hydrogen-bond acceptors (Lipinski definition) is 3. The normalized spacial score (nSPS) is 12.1. The zero-order valence-electron chi connectivity index (χ0n) is 24.2. The first-order chi connectivity index (χ1) is 22.2. The molecule has 0 saturated heterocycles. The highest BCUT2D eigenvalue weighted by Crippen LogP contribution is 2.42. The number of imidazole rings is 1. The molecule has 9 rings (SSSR count). The summed E-state index contributed by atoms with van der Waals surface area (Å²) < 4.78 is 17.1. The summed E-state index contributed by atoms with van der Waals surface area (Å²) in [5.74, 6) is 0. The van der Waals surface area contributed by atoms with E-state index in [1.807, 2.05) is 78.9 Å². The lowest BCUT2D eigenvalue weighted by atomic mass is 9.98. The average Bonchev–Trinajstić information content (AvgIpc) is 3.51. The molecule has 0 radical (unpaired) electrons. The van der Waals surface area contributed by atoms with Crippen molar-refractivity contribution in [2.75, 3.05) is 0 Å². The summed E-state index contributed by atoms with van der Waals surface area (Å²) in [7, 11) is -3.08. The van der Waals surface area contributed by atoms with E-state index in [1.54, 1.807) is 6.20 Å². The van der Waals surface area contributed by atoms with Gasteiger partial charge >= 0.3 is 0 Å². The van der Waals surface area contributed by atoms with Crippen LogP contribution >= 0.6 is 7.14 Å². The molecule has 0 aliphatic heterocycles. The van der Waals surface area contributed by atoms with Gasteiger partial charge in [0.2, 0.25) is 0 Å². The van der Waals surface area contributed by atoms with E-state index in [1.165, 1.54) is 10.8 Å². The molecule has 0 aliphatic carbocycles. The molecule has 0 saturated carbocycles. The maximum atomic E-state index is 14.8. The zero-order chi connectivity index (χ0) is 30.0. The predicted molar refractivity (Wildman–Crippen MR) is 188 cm³/mol. The second-order valence-electron chi connectivity index (χ2n) is 11.4. The molecule has 4 nitrogen and oxygen atoms in total. The molecule has 3 heterocycles. The number of nitrogens with zero attached hydrogens (tertiary/aromatic N) is 3. The summed E-state index contributed by atoms with van der Waals surface area (Å²) >= 11 is 0. The van der Waals surface area contributed by atoms with Gasteiger partial charge in [0, 0.05) is 43.8 Å². The van der Waals surface area contributed by atoms with Crippen LogP contribution in [-0.4, -0.2) is 14.4 Å². The smallest absolute Gasteiger partial charge is 0.172 e. The molecule has 0 N–H and O–H groups in total. The summed E-state index contributed by atoms with van der Waals surface area (Å²) in [5.41, 5.74) is 6.04. The third-order valence-corrected chi connectivity index (χ3v) is 11.9. The highest BCUT2D eigenvalue weighted by Gasteiger charge is 2.30. The SMILES string of the molecule is O=P(c1ccccc1)(c1ccccc1)c1ccc(-c2ccc3c(ccc4c5ccccc5c5nc6ccccc6n5c34)c2)nc1. The maximum Gasteiger partial charge on any atom is 0.172 e. The topological polar surface area (TPSA) is 47.3 Å². The summed E-state index contributed by atoms with van der Waals surface area (Å²) in [4.78, 5) is 9.94. The molecule has 6 aromatic carbocycles. The molecule has 0 fully saturated rings. The lowest BCUT2D eigenvalue weighted by molar-refractivity contribution is 0.592. The first kappa shape index (κ1) is 25.9. The molecule has 9 aromatic rings. The van der Waals surface area contributed by atoms with Crippen LogP contribution in [0.3, 0.4) is 0 Å². The minimum absolute atomic E-state index is 0.719. The van der Waals surface area contributed by atoms with E-state index < -0.39 is 7.14 Å². The molecule has 3 aromatic heterocycles. The Morgan fingerprint density at radius 3 is 1.93 bits per heavy atom. The van der Waals surface area contributed by atoms with Crippen molar-refractivity contribution >= 4 is 72.2 Å². The Balaban J connectivity index is 1.22. The number of hydrogen-bond donors (Lipinski definition) is 0. The van der Waals surface area contributed by atoms with Crippen LogP contribution in [0.1, 0.15) is 0 Å². The minimum atomic E-state index is -3.08. The monoisotopic (exact) mass is 595 g/mol. The van der Waals surface area contributed by atoms with Gasteiger partial charge in [0.25, 0.3) is 0 Å². The summed E-state index contributed by atoms with van der Waals surface area (Å²) in [6, 6.07) is 51.2. The van der Waals surface area contributed by atoms with E-state index in [0.717, 1.165) is 65.5 Å². The highest BCUT2D eigenvalue weighted by molar-refractivity contribution is 7.85. The number of pyridine rings is 2. The molecule has 0 amide bonds. The fourth-order valence-electron chi connectivity index (χ4n) is 6.74. The Kier molecular flexibility index (Phi) is 5.74. The second kappa shape index (κ2) is 9.99. The quantitative estimate of drug-likeness (QED) is 0.151. The molecule has 45 heavy (non-hydrogen) atoms. The first-order valence-corrected chi connectivity index (χ1v) is 16.7. The van der Waals surface area contributed by atoms with Crippen LogP contribution in [0.2, 0.25) is 0 Å². The van der Waals surface area contributed by atoms with Gasteiger partial charge in [0.15, 0.2) is 7.14 Å². The molecule has 5 heteroatoms. The lowest BCUT2D eigenvalue weighted by Gasteiger charge is -2.20. The number of para-hydroxylation sites is 2. The molecule has 0 spiro atoms. The number of rotatable bonds is 4. The van der Waals surface area contributed by atoms with Crippen molar-refractivity contribution in [3.63, 3.8) is 0 Å². The van der Waals surface area contributed by atoms with Gasteiger partial charge in [0.1, 0.15) is 5.65 Å². The van der Waals surface area contributed by atoms with Crippen molar-refractivity contribution < 1.29 is 4.57 Å². The van der Waals surface area contributed by atoms with E-state index >= 15 is 0 Å². The van der Waals surface area contributed by atoms with E-state index in [4.69, 9.17) is 9.97 Å². The highest BCUT2D eigenvalue weighted by atomic mass is 31.2. The molecular weight excluding hydrogens is 569 g/mol. The van der Waals surface area contributed by atoms with Crippen LogP contribution in [0.15, 0.2) is 158 Å². The molecule has 0 atom stereocenters. The fraction of sp³-hybridized carbons (Fsp3) is 0.